The van der Waals surface area contributed by atoms with Gasteiger partial charge in [-0.15, -0.1) is 9.24 Å². The maximum atomic E-state index is 2.86. The molecule has 0 bridgehead atoms. The van der Waals surface area contributed by atoms with Gasteiger partial charge in [-0.25, -0.2) is 0 Å². The van der Waals surface area contributed by atoms with Crippen molar-refractivity contribution >= 4 is 37.6 Å². The van der Waals surface area contributed by atoms with Crippen molar-refractivity contribution in [3.8, 4) is 0 Å². The third-order valence-electron chi connectivity index (χ3n) is 5.96. The van der Waals surface area contributed by atoms with E-state index in [9.17, 15) is 0 Å². The summed E-state index contributed by atoms with van der Waals surface area (Å²) in [6.07, 6.45) is 0. The van der Waals surface area contributed by atoms with Crippen molar-refractivity contribution in [2.75, 3.05) is 0 Å². The topological polar surface area (TPSA) is 0 Å². The molecule has 0 heterocycles. The van der Waals surface area contributed by atoms with Crippen LogP contribution >= 0.6 is 9.24 Å². The van der Waals surface area contributed by atoms with E-state index in [1.807, 2.05) is 0 Å². The molecule has 3 aromatic rings. The lowest BCUT2D eigenvalue weighted by atomic mass is 9.33. The quantitative estimate of drug-likeness (QED) is 0.468. The average Bonchev–Trinajstić information content (AvgIpc) is 2.51. The minimum Gasteiger partial charge on any atom is -0.106 e. The fourth-order valence-electron chi connectivity index (χ4n) is 5.19. The summed E-state index contributed by atoms with van der Waals surface area (Å²) in [7, 11) is 2.86. The Morgan fingerprint density at radius 1 is 0.464 bits per heavy atom. The molecule has 0 aliphatic carbocycles. The molecule has 0 nitrogen and oxygen atoms in total. The summed E-state index contributed by atoms with van der Waals surface area (Å²) in [5.41, 5.74) is 15.3. The zero-order valence-corrected chi connectivity index (χ0v) is 19.8. The maximum absolute atomic E-state index is 2.86. The van der Waals surface area contributed by atoms with Crippen molar-refractivity contribution in [2.24, 2.45) is 0 Å². The molecule has 1 unspecified atom stereocenters. The van der Waals surface area contributed by atoms with Crippen LogP contribution in [0.15, 0.2) is 36.4 Å². The molecule has 3 rings (SSSR count). The Kier molecular flexibility index (Phi) is 5.88. The second-order valence-electron chi connectivity index (χ2n) is 8.63. The molecule has 0 amide bonds. The molecule has 28 heavy (non-hydrogen) atoms. The smallest absolute Gasteiger partial charge is 0.106 e. The van der Waals surface area contributed by atoms with Crippen LogP contribution in [0, 0.1) is 55.4 Å². The van der Waals surface area contributed by atoms with Gasteiger partial charge in [0.2, 0.25) is 6.71 Å². The fraction of sp³-hybridized carbons (Fsp3) is 0.308. The van der Waals surface area contributed by atoms with Gasteiger partial charge in [-0.05, 0) is 60.7 Å². The van der Waals surface area contributed by atoms with Crippen LogP contribution in [-0.4, -0.2) is 6.71 Å². The van der Waals surface area contributed by atoms with Gasteiger partial charge in [-0.3, -0.25) is 0 Å². The van der Waals surface area contributed by atoms with E-state index in [1.54, 1.807) is 0 Å². The molecule has 0 aromatic heterocycles. The van der Waals surface area contributed by atoms with Crippen LogP contribution in [-0.2, 0) is 0 Å². The molecule has 0 aliphatic rings. The van der Waals surface area contributed by atoms with Crippen LogP contribution in [0.1, 0.15) is 44.5 Å². The summed E-state index contributed by atoms with van der Waals surface area (Å²) in [4.78, 5) is 0. The Hall–Kier alpha value is -1.85. The molecule has 0 spiro atoms. The van der Waals surface area contributed by atoms with Crippen LogP contribution in [0.5, 0.6) is 0 Å². The number of hydrogen-bond acceptors (Lipinski definition) is 0. The van der Waals surface area contributed by atoms with Gasteiger partial charge in [-0.2, -0.15) is 0 Å². The van der Waals surface area contributed by atoms with Gasteiger partial charge in [0.25, 0.3) is 0 Å². The second-order valence-corrected chi connectivity index (χ2v) is 9.29. The van der Waals surface area contributed by atoms with Crippen LogP contribution in [0.4, 0.5) is 0 Å². The molecule has 0 saturated heterocycles. The third kappa shape index (κ3) is 3.83. The molecule has 0 aliphatic heterocycles. The van der Waals surface area contributed by atoms with Crippen molar-refractivity contribution in [2.45, 2.75) is 55.4 Å². The standard InChI is InChI=1S/C26H32BP/c1-15-9-17(3)24(18(4)10-15)27(25-19(5)11-16(2)12-20(25)6)26-21(7)13-23(28)14-22(26)8/h9-14H,28H2,1-8H3. The Bertz CT molecular complexity index is 856. The maximum Gasteiger partial charge on any atom is 0.243 e. The molecule has 0 N–H and O–H groups in total. The molecule has 3 aromatic carbocycles. The zero-order valence-electron chi connectivity index (χ0n) is 18.6. The minimum atomic E-state index is 0.256. The summed E-state index contributed by atoms with van der Waals surface area (Å²) >= 11 is 0. The molecule has 0 radical (unpaired) electrons. The monoisotopic (exact) mass is 386 g/mol. The lowest BCUT2D eigenvalue weighted by molar-refractivity contribution is 1.33. The van der Waals surface area contributed by atoms with Gasteiger partial charge < -0.3 is 0 Å². The van der Waals surface area contributed by atoms with E-state index in [1.165, 1.54) is 66.2 Å². The zero-order chi connectivity index (χ0) is 20.7. The van der Waals surface area contributed by atoms with Crippen molar-refractivity contribution in [3.05, 3.63) is 80.9 Å². The van der Waals surface area contributed by atoms with E-state index in [0.29, 0.717) is 0 Å². The molecular formula is C26H32BP. The van der Waals surface area contributed by atoms with Crippen LogP contribution in [0.3, 0.4) is 0 Å². The minimum absolute atomic E-state index is 0.256. The normalized spacial score (nSPS) is 11.0. The first-order valence-corrected chi connectivity index (χ1v) is 10.7. The summed E-state index contributed by atoms with van der Waals surface area (Å²) in [6.45, 7) is 18.3. The van der Waals surface area contributed by atoms with Crippen LogP contribution in [0.25, 0.3) is 0 Å². The predicted octanol–water partition coefficient (Wildman–Crippen LogP) is 4.17. The SMILES string of the molecule is Cc1cc(C)c(B(c2c(C)cc(C)cc2C)c2c(C)cc(P)cc2C)c(C)c1. The molecular weight excluding hydrogens is 354 g/mol. The first kappa shape index (κ1) is 20.9. The van der Waals surface area contributed by atoms with Gasteiger partial charge in [0.15, 0.2) is 0 Å². The summed E-state index contributed by atoms with van der Waals surface area (Å²) in [6, 6.07) is 14.0. The van der Waals surface area contributed by atoms with Gasteiger partial charge in [0.1, 0.15) is 0 Å². The van der Waals surface area contributed by atoms with E-state index >= 15 is 0 Å². The Labute approximate surface area is 174 Å². The van der Waals surface area contributed by atoms with E-state index in [2.05, 4.69) is 101 Å². The van der Waals surface area contributed by atoms with Crippen LogP contribution < -0.4 is 21.7 Å². The van der Waals surface area contributed by atoms with Gasteiger partial charge in [0.05, 0.1) is 0 Å². The summed E-state index contributed by atoms with van der Waals surface area (Å²) < 4.78 is 0. The third-order valence-corrected chi connectivity index (χ3v) is 6.29. The predicted molar refractivity (Wildman–Crippen MR) is 131 cm³/mol. The van der Waals surface area contributed by atoms with E-state index < -0.39 is 0 Å². The summed E-state index contributed by atoms with van der Waals surface area (Å²) in [5, 5.41) is 1.26. The number of aryl methyl sites for hydroxylation is 8. The first-order chi connectivity index (χ1) is 13.1. The lowest BCUT2D eigenvalue weighted by Crippen LogP contribution is -2.57. The average molecular weight is 386 g/mol. The molecule has 144 valence electrons. The van der Waals surface area contributed by atoms with Crippen molar-refractivity contribution in [3.63, 3.8) is 0 Å². The highest BCUT2D eigenvalue weighted by atomic mass is 31.0. The Morgan fingerprint density at radius 2 is 0.714 bits per heavy atom. The van der Waals surface area contributed by atoms with Gasteiger partial charge in [0, 0.05) is 0 Å². The molecule has 2 heteroatoms. The fourth-order valence-corrected chi connectivity index (χ4v) is 5.69. The Morgan fingerprint density at radius 3 is 1.00 bits per heavy atom. The van der Waals surface area contributed by atoms with E-state index in [-0.39, 0.29) is 6.71 Å². The highest BCUT2D eigenvalue weighted by Gasteiger charge is 2.30. The number of hydrogen-bond donors (Lipinski definition) is 0. The van der Waals surface area contributed by atoms with Crippen molar-refractivity contribution in [1.82, 2.24) is 0 Å². The lowest BCUT2D eigenvalue weighted by Gasteiger charge is -2.27. The molecule has 0 fully saturated rings. The second kappa shape index (κ2) is 7.88. The van der Waals surface area contributed by atoms with E-state index in [4.69, 9.17) is 0 Å². The van der Waals surface area contributed by atoms with Gasteiger partial charge in [-0.1, -0.05) is 97.3 Å². The van der Waals surface area contributed by atoms with E-state index in [0.717, 1.165) is 0 Å². The van der Waals surface area contributed by atoms with Crippen LogP contribution in [0.2, 0.25) is 0 Å². The number of benzene rings is 3. The van der Waals surface area contributed by atoms with Crippen molar-refractivity contribution in [1.29, 1.82) is 0 Å². The highest BCUT2D eigenvalue weighted by Crippen LogP contribution is 2.15. The first-order valence-electron chi connectivity index (χ1n) is 10.1. The largest absolute Gasteiger partial charge is 0.243 e. The summed E-state index contributed by atoms with van der Waals surface area (Å²) in [5.74, 6) is 0. The number of rotatable bonds is 3. The van der Waals surface area contributed by atoms with Gasteiger partial charge >= 0.3 is 0 Å². The molecule has 1 atom stereocenters. The molecule has 0 saturated carbocycles. The van der Waals surface area contributed by atoms with Crippen molar-refractivity contribution < 1.29 is 0 Å². The highest BCUT2D eigenvalue weighted by molar-refractivity contribution is 7.27. The Balaban J connectivity index is 2.45.